The fraction of sp³-hybridized carbons (Fsp3) is 0.114. The Morgan fingerprint density at radius 3 is 2.35 bits per heavy atom. The highest BCUT2D eigenvalue weighted by molar-refractivity contribution is 8.00. The number of rotatable bonds is 10. The zero-order valence-corrected chi connectivity index (χ0v) is 24.8. The third-order valence-electron chi connectivity index (χ3n) is 6.94. The van der Waals surface area contributed by atoms with Crippen LogP contribution in [-0.2, 0) is 16.0 Å². The van der Waals surface area contributed by atoms with Crippen molar-refractivity contribution < 1.29 is 14.4 Å². The molecule has 1 heterocycles. The van der Waals surface area contributed by atoms with Gasteiger partial charge in [0, 0.05) is 44.5 Å². The molecule has 0 radical (unpaired) electrons. The van der Waals surface area contributed by atoms with E-state index in [1.807, 2.05) is 67.6 Å². The van der Waals surface area contributed by atoms with Crippen molar-refractivity contribution in [1.82, 2.24) is 10.3 Å². The lowest BCUT2D eigenvalue weighted by atomic mass is 10.1. The zero-order valence-electron chi connectivity index (χ0n) is 23.9. The summed E-state index contributed by atoms with van der Waals surface area (Å²) in [5, 5.41) is 9.64. The molecular weight excluding hydrogens is 556 g/mol. The lowest BCUT2D eigenvalue weighted by molar-refractivity contribution is -0.114. The number of aromatic nitrogens is 1. The van der Waals surface area contributed by atoms with Crippen LogP contribution in [-0.4, -0.2) is 28.5 Å². The fourth-order valence-electron chi connectivity index (χ4n) is 4.67. The predicted octanol–water partition coefficient (Wildman–Crippen LogP) is 7.18. The number of hydrogen-bond acceptors (Lipinski definition) is 4. The number of fused-ring (bicyclic) bond motifs is 1. The average molecular weight is 589 g/mol. The van der Waals surface area contributed by atoms with Gasteiger partial charge in [0.2, 0.25) is 5.91 Å². The fourth-order valence-corrected chi connectivity index (χ4v) is 5.37. The van der Waals surface area contributed by atoms with E-state index in [1.165, 1.54) is 11.8 Å². The first-order valence-corrected chi connectivity index (χ1v) is 15.0. The van der Waals surface area contributed by atoms with Crippen LogP contribution in [0.3, 0.4) is 0 Å². The number of para-hydroxylation sites is 2. The summed E-state index contributed by atoms with van der Waals surface area (Å²) in [5.74, 6) is -0.665. The quantitative estimate of drug-likeness (QED) is 0.103. The van der Waals surface area contributed by atoms with Crippen LogP contribution in [0.5, 0.6) is 0 Å². The Balaban J connectivity index is 1.27. The molecule has 5 rings (SSSR count). The lowest BCUT2D eigenvalue weighted by Crippen LogP contribution is -2.30. The molecule has 0 aliphatic rings. The van der Waals surface area contributed by atoms with Crippen LogP contribution in [0.15, 0.2) is 114 Å². The summed E-state index contributed by atoms with van der Waals surface area (Å²) in [7, 11) is 0. The van der Waals surface area contributed by atoms with Gasteiger partial charge in [-0.15, -0.1) is 11.8 Å². The SMILES string of the molecule is CCc1cccc(C)c1NC(=O)CSc1ccc(NC(=O)C(=Cc2c[nH]c3ccccc23)NC(=O)c2ccccc2)cc1. The zero-order chi connectivity index (χ0) is 30.2. The van der Waals surface area contributed by atoms with Crippen molar-refractivity contribution in [3.63, 3.8) is 0 Å². The normalized spacial score (nSPS) is 11.3. The molecule has 0 aliphatic heterocycles. The van der Waals surface area contributed by atoms with Crippen LogP contribution < -0.4 is 16.0 Å². The molecular formula is C35H32N4O3S. The van der Waals surface area contributed by atoms with E-state index >= 15 is 0 Å². The second-order valence-electron chi connectivity index (χ2n) is 9.95. The minimum absolute atomic E-state index is 0.0763. The predicted molar refractivity (Wildman–Crippen MR) is 175 cm³/mol. The first kappa shape index (κ1) is 29.4. The third kappa shape index (κ3) is 7.42. The number of aromatic amines is 1. The Labute approximate surface area is 254 Å². The molecule has 3 amide bonds. The van der Waals surface area contributed by atoms with Gasteiger partial charge in [-0.1, -0.05) is 61.5 Å². The number of nitrogens with one attached hydrogen (secondary N) is 4. The lowest BCUT2D eigenvalue weighted by Gasteiger charge is -2.13. The van der Waals surface area contributed by atoms with E-state index < -0.39 is 5.91 Å². The standard InChI is InChI=1S/C35H32N4O3S/c1-3-24-13-9-10-23(2)33(24)39-32(40)22-43-28-18-16-27(17-19-28)37-35(42)31(38-34(41)25-11-5-4-6-12-25)20-26-21-36-30-15-8-7-14-29(26)30/h4-21,36H,3,22H2,1-2H3,(H,37,42)(H,38,41)(H,39,40). The highest BCUT2D eigenvalue weighted by atomic mass is 32.2. The molecule has 0 spiro atoms. The molecule has 0 saturated carbocycles. The van der Waals surface area contributed by atoms with Crippen LogP contribution in [0.25, 0.3) is 17.0 Å². The van der Waals surface area contributed by atoms with Crippen LogP contribution in [0.2, 0.25) is 0 Å². The number of aryl methyl sites for hydroxylation is 2. The summed E-state index contributed by atoms with van der Waals surface area (Å²) in [6.45, 7) is 4.06. The maximum atomic E-state index is 13.4. The molecule has 216 valence electrons. The molecule has 5 aromatic rings. The van der Waals surface area contributed by atoms with E-state index in [-0.39, 0.29) is 23.3 Å². The summed E-state index contributed by atoms with van der Waals surface area (Å²) in [4.78, 5) is 43.2. The molecule has 43 heavy (non-hydrogen) atoms. The molecule has 8 heteroatoms. The molecule has 4 aromatic carbocycles. The average Bonchev–Trinajstić information content (AvgIpc) is 3.44. The van der Waals surface area contributed by atoms with E-state index in [9.17, 15) is 14.4 Å². The molecule has 0 unspecified atom stereocenters. The molecule has 0 fully saturated rings. The monoisotopic (exact) mass is 588 g/mol. The number of hydrogen-bond donors (Lipinski definition) is 4. The van der Waals surface area contributed by atoms with E-state index in [0.717, 1.165) is 44.6 Å². The smallest absolute Gasteiger partial charge is 0.272 e. The topological polar surface area (TPSA) is 103 Å². The Morgan fingerprint density at radius 1 is 0.837 bits per heavy atom. The third-order valence-corrected chi connectivity index (χ3v) is 7.95. The molecule has 1 aromatic heterocycles. The number of benzene rings is 4. The molecule has 0 aliphatic carbocycles. The highest BCUT2D eigenvalue weighted by Gasteiger charge is 2.16. The maximum absolute atomic E-state index is 13.4. The number of thioether (sulfide) groups is 1. The molecule has 0 atom stereocenters. The molecule has 0 bridgehead atoms. The molecule has 0 saturated heterocycles. The Bertz CT molecular complexity index is 1790. The van der Waals surface area contributed by atoms with Crippen LogP contribution in [0.1, 0.15) is 34.0 Å². The second kappa shape index (κ2) is 13.7. The van der Waals surface area contributed by atoms with Crippen molar-refractivity contribution in [2.45, 2.75) is 25.2 Å². The summed E-state index contributed by atoms with van der Waals surface area (Å²) >= 11 is 1.41. The van der Waals surface area contributed by atoms with E-state index in [0.29, 0.717) is 11.3 Å². The maximum Gasteiger partial charge on any atom is 0.272 e. The molecule has 4 N–H and O–H groups in total. The van der Waals surface area contributed by atoms with Gasteiger partial charge in [0.05, 0.1) is 5.75 Å². The number of amides is 3. The number of anilines is 2. The second-order valence-corrected chi connectivity index (χ2v) is 11.0. The van der Waals surface area contributed by atoms with Gasteiger partial charge < -0.3 is 20.9 Å². The van der Waals surface area contributed by atoms with Crippen molar-refractivity contribution in [2.75, 3.05) is 16.4 Å². The minimum atomic E-state index is -0.459. The number of H-pyrrole nitrogens is 1. The van der Waals surface area contributed by atoms with Gasteiger partial charge in [-0.3, -0.25) is 14.4 Å². The summed E-state index contributed by atoms with van der Waals surface area (Å²) in [6, 6.07) is 29.8. The Hall–Kier alpha value is -5.08. The first-order chi connectivity index (χ1) is 20.9. The van der Waals surface area contributed by atoms with Gasteiger partial charge in [-0.2, -0.15) is 0 Å². The van der Waals surface area contributed by atoms with Gasteiger partial charge >= 0.3 is 0 Å². The van der Waals surface area contributed by atoms with Gasteiger partial charge in [-0.05, 0) is 73.0 Å². The van der Waals surface area contributed by atoms with Crippen molar-refractivity contribution in [2.24, 2.45) is 0 Å². The van der Waals surface area contributed by atoms with Gasteiger partial charge in [0.15, 0.2) is 0 Å². The summed E-state index contributed by atoms with van der Waals surface area (Å²) in [6.07, 6.45) is 4.30. The van der Waals surface area contributed by atoms with Crippen LogP contribution >= 0.6 is 11.8 Å². The van der Waals surface area contributed by atoms with Crippen LogP contribution in [0.4, 0.5) is 11.4 Å². The summed E-state index contributed by atoms with van der Waals surface area (Å²) < 4.78 is 0. The van der Waals surface area contributed by atoms with Gasteiger partial charge in [0.25, 0.3) is 11.8 Å². The minimum Gasteiger partial charge on any atom is -0.361 e. The highest BCUT2D eigenvalue weighted by Crippen LogP contribution is 2.25. The van der Waals surface area contributed by atoms with Gasteiger partial charge in [0.1, 0.15) is 5.70 Å². The van der Waals surface area contributed by atoms with Crippen molar-refractivity contribution in [3.05, 3.63) is 131 Å². The van der Waals surface area contributed by atoms with Gasteiger partial charge in [-0.25, -0.2) is 0 Å². The Kier molecular flexibility index (Phi) is 9.39. The Morgan fingerprint density at radius 2 is 1.58 bits per heavy atom. The van der Waals surface area contributed by atoms with E-state index in [2.05, 4.69) is 27.9 Å². The first-order valence-electron chi connectivity index (χ1n) is 14.0. The van der Waals surface area contributed by atoms with Crippen molar-refractivity contribution >= 4 is 57.8 Å². The number of carbonyl (C=O) groups is 3. The largest absolute Gasteiger partial charge is 0.361 e. The summed E-state index contributed by atoms with van der Waals surface area (Å²) in [5.41, 5.74) is 5.84. The molecule has 7 nitrogen and oxygen atoms in total. The van der Waals surface area contributed by atoms with Crippen molar-refractivity contribution in [1.29, 1.82) is 0 Å². The number of carbonyl (C=O) groups excluding carboxylic acids is 3. The van der Waals surface area contributed by atoms with Crippen molar-refractivity contribution in [3.8, 4) is 0 Å². The van der Waals surface area contributed by atoms with Crippen LogP contribution in [0, 0.1) is 6.92 Å². The van der Waals surface area contributed by atoms with E-state index in [4.69, 9.17) is 0 Å². The van der Waals surface area contributed by atoms with E-state index in [1.54, 1.807) is 48.7 Å².